The van der Waals surface area contributed by atoms with E-state index in [1.807, 2.05) is 22.6 Å². The van der Waals surface area contributed by atoms with Gasteiger partial charge in [-0.1, -0.05) is 13.0 Å². The molecule has 4 nitrogen and oxygen atoms in total. The molecular weight excluding hydrogens is 336 g/mol. The van der Waals surface area contributed by atoms with Gasteiger partial charge in [0.2, 0.25) is 5.91 Å². The van der Waals surface area contributed by atoms with Crippen LogP contribution in [0.15, 0.2) is 30.6 Å². The Morgan fingerprint density at radius 2 is 2.15 bits per heavy atom. The number of aryl methyl sites for hydroxylation is 2. The van der Waals surface area contributed by atoms with E-state index >= 15 is 0 Å². The smallest absolute Gasteiger partial charge is 0.242 e. The number of likely N-dealkylation sites (tertiary alicyclic amines) is 1. The highest BCUT2D eigenvalue weighted by atomic mass is 19.2. The zero-order valence-corrected chi connectivity index (χ0v) is 15.1. The second kappa shape index (κ2) is 8.43. The van der Waals surface area contributed by atoms with Crippen molar-refractivity contribution in [2.24, 2.45) is 5.92 Å². The van der Waals surface area contributed by atoms with Crippen LogP contribution in [0.3, 0.4) is 0 Å². The Labute approximate surface area is 152 Å². The molecule has 1 aromatic carbocycles. The fraction of sp³-hybridized carbons (Fsp3) is 0.500. The predicted octanol–water partition coefficient (Wildman–Crippen LogP) is 3.60. The number of amides is 1. The Kier molecular flexibility index (Phi) is 6.01. The molecule has 1 saturated heterocycles. The maximum atomic E-state index is 13.3. The lowest BCUT2D eigenvalue weighted by Crippen LogP contribution is -2.41. The number of carbonyl (C=O) groups excluding carboxylic acids is 1. The van der Waals surface area contributed by atoms with Crippen molar-refractivity contribution in [2.45, 2.75) is 45.6 Å². The van der Waals surface area contributed by atoms with Crippen molar-refractivity contribution in [2.75, 3.05) is 13.1 Å². The molecule has 0 N–H and O–H groups in total. The molecule has 0 spiro atoms. The van der Waals surface area contributed by atoms with Crippen LogP contribution in [0.1, 0.15) is 37.6 Å². The lowest BCUT2D eigenvalue weighted by atomic mass is 9.91. The van der Waals surface area contributed by atoms with Gasteiger partial charge in [0.1, 0.15) is 12.4 Å². The summed E-state index contributed by atoms with van der Waals surface area (Å²) in [6.07, 6.45) is 8.01. The van der Waals surface area contributed by atoms with Crippen molar-refractivity contribution in [3.8, 4) is 0 Å². The maximum Gasteiger partial charge on any atom is 0.242 e. The normalized spacial score (nSPS) is 17.5. The summed E-state index contributed by atoms with van der Waals surface area (Å²) in [5.74, 6) is -0.168. The molecule has 1 fully saturated rings. The quantitative estimate of drug-likeness (QED) is 0.789. The first kappa shape index (κ1) is 18.5. The average Bonchev–Trinajstić information content (AvgIpc) is 3.10. The Morgan fingerprint density at radius 1 is 1.31 bits per heavy atom. The molecule has 1 amide bonds. The summed E-state index contributed by atoms with van der Waals surface area (Å²) in [4.78, 5) is 18.8. The van der Waals surface area contributed by atoms with E-state index in [4.69, 9.17) is 0 Å². The third kappa shape index (κ3) is 4.48. The monoisotopic (exact) mass is 361 g/mol. The average molecular weight is 361 g/mol. The van der Waals surface area contributed by atoms with Crippen molar-refractivity contribution < 1.29 is 13.6 Å². The summed E-state index contributed by atoms with van der Waals surface area (Å²) in [5, 5.41) is 0. The number of hydrogen-bond donors (Lipinski definition) is 0. The molecule has 0 aliphatic carbocycles. The van der Waals surface area contributed by atoms with E-state index in [0.29, 0.717) is 18.9 Å². The van der Waals surface area contributed by atoms with E-state index in [2.05, 4.69) is 4.98 Å². The van der Waals surface area contributed by atoms with Crippen LogP contribution in [0, 0.1) is 17.6 Å². The number of halogens is 2. The molecule has 1 atom stereocenters. The van der Waals surface area contributed by atoms with E-state index in [1.165, 1.54) is 12.1 Å². The number of rotatable bonds is 6. The number of nitrogens with zero attached hydrogens (tertiary/aromatic N) is 3. The van der Waals surface area contributed by atoms with Gasteiger partial charge in [0.05, 0.1) is 0 Å². The number of carbonyl (C=O) groups is 1. The number of hydrogen-bond acceptors (Lipinski definition) is 2. The van der Waals surface area contributed by atoms with Crippen LogP contribution in [0.25, 0.3) is 0 Å². The first-order valence-electron chi connectivity index (χ1n) is 9.28. The van der Waals surface area contributed by atoms with Crippen molar-refractivity contribution in [3.63, 3.8) is 0 Å². The van der Waals surface area contributed by atoms with Crippen molar-refractivity contribution in [1.82, 2.24) is 14.5 Å². The van der Waals surface area contributed by atoms with Gasteiger partial charge in [0.15, 0.2) is 11.6 Å². The molecule has 2 aromatic rings. The minimum atomic E-state index is -0.811. The Hall–Kier alpha value is -2.24. The number of imidazole rings is 1. The number of benzene rings is 1. The van der Waals surface area contributed by atoms with Gasteiger partial charge in [0.25, 0.3) is 0 Å². The van der Waals surface area contributed by atoms with E-state index in [-0.39, 0.29) is 5.91 Å². The highest BCUT2D eigenvalue weighted by Gasteiger charge is 2.24. The molecule has 0 saturated carbocycles. The molecule has 1 aliphatic rings. The minimum absolute atomic E-state index is 0.121. The maximum absolute atomic E-state index is 13.3. The highest BCUT2D eigenvalue weighted by molar-refractivity contribution is 5.76. The second-order valence-electron chi connectivity index (χ2n) is 6.96. The molecular formula is C20H25F2N3O. The van der Waals surface area contributed by atoms with Gasteiger partial charge in [-0.25, -0.2) is 13.8 Å². The highest BCUT2D eigenvalue weighted by Crippen LogP contribution is 2.22. The molecule has 0 radical (unpaired) electrons. The summed E-state index contributed by atoms with van der Waals surface area (Å²) >= 11 is 0. The largest absolute Gasteiger partial charge is 0.341 e. The van der Waals surface area contributed by atoms with Crippen LogP contribution in [0.5, 0.6) is 0 Å². The van der Waals surface area contributed by atoms with Gasteiger partial charge in [-0.05, 0) is 49.3 Å². The summed E-state index contributed by atoms with van der Waals surface area (Å²) in [6, 6.07) is 4.08. The van der Waals surface area contributed by atoms with Crippen molar-refractivity contribution in [3.05, 3.63) is 53.6 Å². The summed E-state index contributed by atoms with van der Waals surface area (Å²) in [6.45, 7) is 3.88. The van der Waals surface area contributed by atoms with Crippen molar-refractivity contribution >= 4 is 5.91 Å². The summed E-state index contributed by atoms with van der Waals surface area (Å²) < 4.78 is 28.2. The van der Waals surface area contributed by atoms with E-state index in [0.717, 1.165) is 50.2 Å². The molecule has 26 heavy (non-hydrogen) atoms. The fourth-order valence-corrected chi connectivity index (χ4v) is 3.64. The third-order valence-corrected chi connectivity index (χ3v) is 5.12. The van der Waals surface area contributed by atoms with Crippen LogP contribution in [-0.2, 0) is 24.2 Å². The molecule has 140 valence electrons. The molecule has 1 aliphatic heterocycles. The second-order valence-corrected chi connectivity index (χ2v) is 6.96. The number of piperidine rings is 1. The zero-order chi connectivity index (χ0) is 18.5. The minimum Gasteiger partial charge on any atom is -0.341 e. The Bertz CT molecular complexity index is 759. The van der Waals surface area contributed by atoms with Gasteiger partial charge in [-0.3, -0.25) is 4.79 Å². The first-order chi connectivity index (χ1) is 12.6. The van der Waals surface area contributed by atoms with Gasteiger partial charge < -0.3 is 9.47 Å². The molecule has 2 heterocycles. The van der Waals surface area contributed by atoms with E-state index < -0.39 is 11.6 Å². The van der Waals surface area contributed by atoms with Crippen LogP contribution in [-0.4, -0.2) is 33.4 Å². The topological polar surface area (TPSA) is 38.1 Å². The molecule has 6 heteroatoms. The van der Waals surface area contributed by atoms with Crippen LogP contribution < -0.4 is 0 Å². The van der Waals surface area contributed by atoms with Crippen LogP contribution in [0.2, 0.25) is 0 Å². The summed E-state index contributed by atoms with van der Waals surface area (Å²) in [5.41, 5.74) is 0.804. The fourth-order valence-electron chi connectivity index (χ4n) is 3.64. The first-order valence-corrected chi connectivity index (χ1v) is 9.28. The lowest BCUT2D eigenvalue weighted by Gasteiger charge is -2.33. The van der Waals surface area contributed by atoms with Gasteiger partial charge in [-0.2, -0.15) is 0 Å². The third-order valence-electron chi connectivity index (χ3n) is 5.12. The van der Waals surface area contributed by atoms with Gasteiger partial charge in [-0.15, -0.1) is 0 Å². The molecule has 3 rings (SSSR count). The van der Waals surface area contributed by atoms with Gasteiger partial charge in [0, 0.05) is 31.9 Å². The molecule has 0 bridgehead atoms. The van der Waals surface area contributed by atoms with E-state index in [9.17, 15) is 13.6 Å². The van der Waals surface area contributed by atoms with Crippen LogP contribution >= 0.6 is 0 Å². The van der Waals surface area contributed by atoms with Crippen molar-refractivity contribution in [1.29, 1.82) is 0 Å². The lowest BCUT2D eigenvalue weighted by molar-refractivity contribution is -0.133. The number of aromatic nitrogens is 2. The SMILES string of the molecule is CCc1nccn1CC(=O)N1CCCC(CCc2ccc(F)c(F)c2)C1. The zero-order valence-electron chi connectivity index (χ0n) is 15.1. The summed E-state index contributed by atoms with van der Waals surface area (Å²) in [7, 11) is 0. The molecule has 1 unspecified atom stereocenters. The standard InChI is InChI=1S/C20H25F2N3O/c1-2-19-23-9-11-24(19)14-20(26)25-10-3-4-16(13-25)6-5-15-7-8-17(21)18(22)12-15/h7-9,11-12,16H,2-6,10,13-14H2,1H3. The molecule has 1 aromatic heterocycles. The Balaban J connectivity index is 1.53. The predicted molar refractivity (Wildman–Crippen MR) is 95.6 cm³/mol. The van der Waals surface area contributed by atoms with Gasteiger partial charge >= 0.3 is 0 Å². The Morgan fingerprint density at radius 3 is 2.92 bits per heavy atom. The van der Waals surface area contributed by atoms with Crippen LogP contribution in [0.4, 0.5) is 8.78 Å². The van der Waals surface area contributed by atoms with E-state index in [1.54, 1.807) is 12.3 Å².